The average Bonchev–Trinajstić information content (AvgIpc) is 3.13. The zero-order valence-corrected chi connectivity index (χ0v) is 17.6. The van der Waals surface area contributed by atoms with Gasteiger partial charge in [0, 0.05) is 24.4 Å². The molecule has 1 aromatic heterocycles. The standard InChI is InChI=1S/C20H21N3.C2H5N.C2H6/c1-13-9-10-16(14(2)11-13)17(12-21-4)15(3)20-22-18-7-5-6-8-19(18)23-20;1-2-3;1-2/h5-12,21H,3H2,1-2,4H3,(H,22,23);2H,1,3H2;1-2H3/b17-12+;;. The first-order valence-corrected chi connectivity index (χ1v) is 9.44. The van der Waals surface area contributed by atoms with Gasteiger partial charge in [0.05, 0.1) is 11.0 Å². The van der Waals surface area contributed by atoms with Gasteiger partial charge in [-0.1, -0.05) is 62.9 Å². The molecule has 28 heavy (non-hydrogen) atoms. The lowest BCUT2D eigenvalue weighted by Crippen LogP contribution is -2.01. The Balaban J connectivity index is 0.000000717. The lowest BCUT2D eigenvalue weighted by Gasteiger charge is -2.13. The Hall–Kier alpha value is -3.27. The highest BCUT2D eigenvalue weighted by atomic mass is 14.9. The fourth-order valence-corrected chi connectivity index (χ4v) is 2.81. The van der Waals surface area contributed by atoms with E-state index < -0.39 is 0 Å². The third kappa shape index (κ3) is 5.61. The van der Waals surface area contributed by atoms with Crippen LogP contribution in [0.5, 0.6) is 0 Å². The number of fused-ring (bicyclic) bond motifs is 1. The number of hydrogen-bond acceptors (Lipinski definition) is 3. The van der Waals surface area contributed by atoms with Crippen LogP contribution in [0.25, 0.3) is 22.2 Å². The quantitative estimate of drug-likeness (QED) is 0.522. The minimum Gasteiger partial charge on any atom is -0.405 e. The predicted octanol–water partition coefficient (Wildman–Crippen LogP) is 5.57. The van der Waals surface area contributed by atoms with Crippen LogP contribution in [0.15, 0.2) is 68.0 Å². The summed E-state index contributed by atoms with van der Waals surface area (Å²) in [6.45, 7) is 15.6. The van der Waals surface area contributed by atoms with Gasteiger partial charge in [-0.2, -0.15) is 0 Å². The van der Waals surface area contributed by atoms with Crippen molar-refractivity contribution < 1.29 is 0 Å². The highest BCUT2D eigenvalue weighted by Gasteiger charge is 2.14. The molecule has 0 bridgehead atoms. The largest absolute Gasteiger partial charge is 0.405 e. The maximum absolute atomic E-state index is 4.66. The van der Waals surface area contributed by atoms with E-state index in [1.807, 2.05) is 51.4 Å². The molecule has 0 saturated carbocycles. The third-order valence-corrected chi connectivity index (χ3v) is 3.96. The molecular weight excluding hydrogens is 344 g/mol. The Morgan fingerprint density at radius 2 is 1.79 bits per heavy atom. The van der Waals surface area contributed by atoms with Gasteiger partial charge in [-0.15, -0.1) is 0 Å². The number of allylic oxidation sites excluding steroid dienone is 2. The summed E-state index contributed by atoms with van der Waals surface area (Å²) in [7, 11) is 1.90. The number of aryl methyl sites for hydroxylation is 2. The number of hydrogen-bond donors (Lipinski definition) is 3. The molecule has 3 rings (SSSR count). The molecule has 0 aliphatic heterocycles. The van der Waals surface area contributed by atoms with E-state index >= 15 is 0 Å². The highest BCUT2D eigenvalue weighted by molar-refractivity contribution is 6.04. The van der Waals surface area contributed by atoms with Crippen LogP contribution in [-0.2, 0) is 0 Å². The van der Waals surface area contributed by atoms with Gasteiger partial charge in [0.15, 0.2) is 0 Å². The minimum absolute atomic E-state index is 0.799. The van der Waals surface area contributed by atoms with Crippen molar-refractivity contribution in [3.63, 3.8) is 0 Å². The number of nitrogens with two attached hydrogens (primary N) is 1. The van der Waals surface area contributed by atoms with E-state index in [1.54, 1.807) is 0 Å². The number of nitrogens with zero attached hydrogens (tertiary/aromatic N) is 1. The van der Waals surface area contributed by atoms with E-state index in [-0.39, 0.29) is 0 Å². The molecule has 0 spiro atoms. The predicted molar refractivity (Wildman–Crippen MR) is 124 cm³/mol. The highest BCUT2D eigenvalue weighted by Crippen LogP contribution is 2.31. The Morgan fingerprint density at radius 3 is 2.36 bits per heavy atom. The van der Waals surface area contributed by atoms with Crippen molar-refractivity contribution in [2.24, 2.45) is 5.73 Å². The molecule has 2 aromatic carbocycles. The molecule has 0 unspecified atom stereocenters. The Labute approximate surface area is 168 Å². The van der Waals surface area contributed by atoms with Gasteiger partial charge in [0.2, 0.25) is 0 Å². The summed E-state index contributed by atoms with van der Waals surface area (Å²) < 4.78 is 0. The fourth-order valence-electron chi connectivity index (χ4n) is 2.81. The number of rotatable bonds is 4. The van der Waals surface area contributed by atoms with Gasteiger partial charge in [0.25, 0.3) is 0 Å². The Bertz CT molecular complexity index is 915. The molecule has 4 nitrogen and oxygen atoms in total. The number of nitrogens with one attached hydrogen (secondary N) is 2. The molecule has 1 heterocycles. The van der Waals surface area contributed by atoms with Crippen LogP contribution >= 0.6 is 0 Å². The fraction of sp³-hybridized carbons (Fsp3) is 0.208. The van der Waals surface area contributed by atoms with Gasteiger partial charge < -0.3 is 16.0 Å². The second kappa shape index (κ2) is 11.4. The van der Waals surface area contributed by atoms with Crippen molar-refractivity contribution in [3.8, 4) is 0 Å². The summed E-state index contributed by atoms with van der Waals surface area (Å²) >= 11 is 0. The topological polar surface area (TPSA) is 66.7 Å². The summed E-state index contributed by atoms with van der Waals surface area (Å²) in [6.07, 6.45) is 3.23. The lowest BCUT2D eigenvalue weighted by molar-refractivity contribution is 1.10. The third-order valence-electron chi connectivity index (χ3n) is 3.96. The zero-order valence-electron chi connectivity index (χ0n) is 17.6. The van der Waals surface area contributed by atoms with E-state index in [0.29, 0.717) is 0 Å². The Morgan fingerprint density at radius 1 is 1.14 bits per heavy atom. The van der Waals surface area contributed by atoms with Crippen LogP contribution in [0.2, 0.25) is 0 Å². The summed E-state index contributed by atoms with van der Waals surface area (Å²) in [6, 6.07) is 14.5. The van der Waals surface area contributed by atoms with E-state index in [0.717, 1.165) is 33.6 Å². The van der Waals surface area contributed by atoms with Crippen LogP contribution in [0.4, 0.5) is 0 Å². The van der Waals surface area contributed by atoms with E-state index in [1.165, 1.54) is 17.3 Å². The molecule has 0 aliphatic carbocycles. The van der Waals surface area contributed by atoms with Crippen LogP contribution in [0, 0.1) is 13.8 Å². The first-order valence-electron chi connectivity index (χ1n) is 9.44. The van der Waals surface area contributed by atoms with Crippen molar-refractivity contribution >= 4 is 22.2 Å². The second-order valence-corrected chi connectivity index (χ2v) is 5.98. The molecule has 0 aliphatic rings. The van der Waals surface area contributed by atoms with Crippen molar-refractivity contribution in [2.45, 2.75) is 27.7 Å². The number of H-pyrrole nitrogens is 1. The summed E-state index contributed by atoms with van der Waals surface area (Å²) in [4.78, 5) is 8.02. The van der Waals surface area contributed by atoms with Crippen molar-refractivity contribution in [1.82, 2.24) is 15.3 Å². The number of aromatic amines is 1. The molecule has 148 valence electrons. The second-order valence-electron chi connectivity index (χ2n) is 5.98. The minimum atomic E-state index is 0.799. The van der Waals surface area contributed by atoms with Crippen LogP contribution in [-0.4, -0.2) is 17.0 Å². The number of aromatic nitrogens is 2. The average molecular weight is 377 g/mol. The molecule has 4 heteroatoms. The van der Waals surface area contributed by atoms with Gasteiger partial charge >= 0.3 is 0 Å². The monoisotopic (exact) mass is 376 g/mol. The smallest absolute Gasteiger partial charge is 0.138 e. The van der Waals surface area contributed by atoms with Gasteiger partial charge in [-0.05, 0) is 43.3 Å². The van der Waals surface area contributed by atoms with E-state index in [4.69, 9.17) is 0 Å². The molecular formula is C24H32N4. The van der Waals surface area contributed by atoms with Crippen LogP contribution in [0.1, 0.15) is 36.4 Å². The number of imidazole rings is 1. The first-order chi connectivity index (χ1) is 13.5. The summed E-state index contributed by atoms with van der Waals surface area (Å²) in [5.41, 5.74) is 12.1. The molecule has 3 aromatic rings. The van der Waals surface area contributed by atoms with Crippen molar-refractivity contribution in [2.75, 3.05) is 7.05 Å². The molecule has 0 radical (unpaired) electrons. The summed E-state index contributed by atoms with van der Waals surface area (Å²) in [5, 5.41) is 3.13. The van der Waals surface area contributed by atoms with E-state index in [2.05, 4.69) is 66.2 Å². The van der Waals surface area contributed by atoms with E-state index in [9.17, 15) is 0 Å². The van der Waals surface area contributed by atoms with Crippen molar-refractivity contribution in [1.29, 1.82) is 0 Å². The van der Waals surface area contributed by atoms with Gasteiger partial charge in [0.1, 0.15) is 5.82 Å². The lowest BCUT2D eigenvalue weighted by atomic mass is 9.94. The number of para-hydroxylation sites is 2. The van der Waals surface area contributed by atoms with Gasteiger partial charge in [-0.25, -0.2) is 4.98 Å². The zero-order chi connectivity index (χ0) is 21.1. The number of benzene rings is 2. The van der Waals surface area contributed by atoms with Crippen LogP contribution < -0.4 is 11.1 Å². The Kier molecular flexibility index (Phi) is 9.31. The molecule has 0 amide bonds. The van der Waals surface area contributed by atoms with Gasteiger partial charge in [-0.3, -0.25) is 0 Å². The maximum Gasteiger partial charge on any atom is 0.138 e. The molecule has 4 N–H and O–H groups in total. The molecule has 0 fully saturated rings. The first kappa shape index (κ1) is 22.8. The van der Waals surface area contributed by atoms with Crippen LogP contribution in [0.3, 0.4) is 0 Å². The maximum atomic E-state index is 4.66. The van der Waals surface area contributed by atoms with Crippen molar-refractivity contribution in [3.05, 3.63) is 90.5 Å². The molecule has 0 atom stereocenters. The summed E-state index contributed by atoms with van der Waals surface area (Å²) in [5.74, 6) is 0.799. The molecule has 0 saturated heterocycles. The SMILES string of the molecule is C=C(/C(=C\NC)c1ccc(C)cc1C)c1nc2ccccc2[nH]1.C=CN.CC. The normalized spacial score (nSPS) is 10.2.